The third-order valence-electron chi connectivity index (χ3n) is 3.99. The lowest BCUT2D eigenvalue weighted by Crippen LogP contribution is -2.27. The number of benzene rings is 2. The largest absolute Gasteiger partial charge is 0.449 e. The van der Waals surface area contributed by atoms with E-state index in [0.717, 1.165) is 12.0 Å². The van der Waals surface area contributed by atoms with Gasteiger partial charge < -0.3 is 20.1 Å². The molecule has 1 heterocycles. The van der Waals surface area contributed by atoms with Crippen molar-refractivity contribution in [1.82, 2.24) is 5.32 Å². The van der Waals surface area contributed by atoms with Crippen LogP contribution in [0.1, 0.15) is 29.3 Å². The van der Waals surface area contributed by atoms with Gasteiger partial charge in [-0.15, -0.1) is 0 Å². The number of nitrogens with one attached hydrogen (secondary N) is 2. The molecule has 1 aliphatic heterocycles. The molecular weight excluding hydrogens is 344 g/mol. The van der Waals surface area contributed by atoms with Crippen LogP contribution in [0.4, 0.5) is 5.69 Å². The minimum absolute atomic E-state index is 0.200. The first kappa shape index (κ1) is 18.7. The van der Waals surface area contributed by atoms with Gasteiger partial charge in [-0.2, -0.15) is 0 Å². The van der Waals surface area contributed by atoms with E-state index in [-0.39, 0.29) is 17.6 Å². The summed E-state index contributed by atoms with van der Waals surface area (Å²) in [7, 11) is 0. The number of hydrogen-bond donors (Lipinski definition) is 2. The normalized spacial score (nSPS) is 14.3. The summed E-state index contributed by atoms with van der Waals surface area (Å²) in [4.78, 5) is 24.5. The third kappa shape index (κ3) is 4.95. The van der Waals surface area contributed by atoms with Crippen LogP contribution in [0.3, 0.4) is 0 Å². The quantitative estimate of drug-likeness (QED) is 0.583. The van der Waals surface area contributed by atoms with Crippen molar-refractivity contribution in [3.8, 4) is 5.75 Å². The Morgan fingerprint density at radius 3 is 2.81 bits per heavy atom. The van der Waals surface area contributed by atoms with E-state index in [1.54, 1.807) is 24.3 Å². The summed E-state index contributed by atoms with van der Waals surface area (Å²) in [5.74, 6) is 0.168. The molecule has 0 saturated carbocycles. The molecule has 140 valence electrons. The van der Waals surface area contributed by atoms with Crippen LogP contribution in [0.25, 0.3) is 6.08 Å². The van der Waals surface area contributed by atoms with Crippen LogP contribution in [-0.2, 0) is 9.53 Å². The first-order chi connectivity index (χ1) is 13.2. The maximum absolute atomic E-state index is 12.3. The second-order valence-electron chi connectivity index (χ2n) is 5.99. The molecule has 0 atom stereocenters. The number of ether oxygens (including phenoxy) is 2. The van der Waals surface area contributed by atoms with Crippen molar-refractivity contribution in [2.75, 3.05) is 25.1 Å². The highest BCUT2D eigenvalue weighted by Gasteiger charge is 2.23. The summed E-state index contributed by atoms with van der Waals surface area (Å²) in [5.41, 5.74) is 1.81. The molecule has 0 bridgehead atoms. The second-order valence-corrected chi connectivity index (χ2v) is 5.99. The summed E-state index contributed by atoms with van der Waals surface area (Å²) in [5, 5.41) is 5.61. The Morgan fingerprint density at radius 1 is 1.22 bits per heavy atom. The third-order valence-corrected chi connectivity index (χ3v) is 3.99. The van der Waals surface area contributed by atoms with E-state index in [2.05, 4.69) is 10.6 Å². The zero-order valence-electron chi connectivity index (χ0n) is 15.2. The fourth-order valence-electron chi connectivity index (χ4n) is 2.62. The van der Waals surface area contributed by atoms with Crippen molar-refractivity contribution in [2.24, 2.45) is 0 Å². The molecule has 0 radical (unpaired) electrons. The Kier molecular flexibility index (Phi) is 6.22. The van der Waals surface area contributed by atoms with Gasteiger partial charge in [-0.05, 0) is 43.2 Å². The molecule has 6 heteroatoms. The molecule has 2 aromatic carbocycles. The van der Waals surface area contributed by atoms with Gasteiger partial charge in [0.2, 0.25) is 0 Å². The molecule has 27 heavy (non-hydrogen) atoms. The lowest BCUT2D eigenvalue weighted by Gasteiger charge is -2.20. The van der Waals surface area contributed by atoms with Gasteiger partial charge in [0.25, 0.3) is 11.8 Å². The van der Waals surface area contributed by atoms with Gasteiger partial charge in [0.1, 0.15) is 0 Å². The molecule has 0 aliphatic carbocycles. The van der Waals surface area contributed by atoms with Crippen LogP contribution in [0.5, 0.6) is 5.75 Å². The molecule has 2 amide bonds. The van der Waals surface area contributed by atoms with Crippen LogP contribution < -0.4 is 15.4 Å². The van der Waals surface area contributed by atoms with Crippen molar-refractivity contribution in [3.63, 3.8) is 0 Å². The number of carbonyl (C=O) groups is 2. The van der Waals surface area contributed by atoms with Gasteiger partial charge in [-0.3, -0.25) is 9.59 Å². The standard InChI is InChI=1S/C21H22N2O4/c1-2-26-12-6-11-22-20(24)16-9-10-18-17(14-16)23-21(25)19(27-18)13-15-7-4-3-5-8-15/h3-5,7-10,13-14H,2,6,11-12H2,1H3,(H,22,24)(H,23,25). The summed E-state index contributed by atoms with van der Waals surface area (Å²) in [6.07, 6.45) is 2.43. The molecular formula is C21H22N2O4. The van der Waals surface area contributed by atoms with Gasteiger partial charge in [-0.1, -0.05) is 30.3 Å². The molecule has 0 unspecified atom stereocenters. The van der Waals surface area contributed by atoms with E-state index < -0.39 is 0 Å². The summed E-state index contributed by atoms with van der Waals surface area (Å²) >= 11 is 0. The number of anilines is 1. The maximum atomic E-state index is 12.3. The molecule has 0 fully saturated rings. The molecule has 2 aromatic rings. The van der Waals surface area contributed by atoms with Gasteiger partial charge in [0.05, 0.1) is 5.69 Å². The minimum Gasteiger partial charge on any atom is -0.449 e. The molecule has 3 rings (SSSR count). The predicted octanol–water partition coefficient (Wildman–Crippen LogP) is 3.22. The van der Waals surface area contributed by atoms with Gasteiger partial charge in [0, 0.05) is 25.3 Å². The SMILES string of the molecule is CCOCCCNC(=O)c1ccc2c(c1)NC(=O)C(=Cc1ccccc1)O2. The Balaban J connectivity index is 1.67. The Hall–Kier alpha value is -3.12. The lowest BCUT2D eigenvalue weighted by atomic mass is 10.1. The summed E-state index contributed by atoms with van der Waals surface area (Å²) in [6.45, 7) is 3.74. The maximum Gasteiger partial charge on any atom is 0.291 e. The van der Waals surface area contributed by atoms with E-state index in [1.165, 1.54) is 0 Å². The fourth-order valence-corrected chi connectivity index (χ4v) is 2.62. The monoisotopic (exact) mass is 366 g/mol. The van der Waals surface area contributed by atoms with Crippen molar-refractivity contribution >= 4 is 23.6 Å². The number of rotatable bonds is 7. The first-order valence-corrected chi connectivity index (χ1v) is 8.93. The molecule has 6 nitrogen and oxygen atoms in total. The second kappa shape index (κ2) is 9.00. The van der Waals surface area contributed by atoms with E-state index >= 15 is 0 Å². The Labute approximate surface area is 158 Å². The van der Waals surface area contributed by atoms with Crippen LogP contribution in [0.2, 0.25) is 0 Å². The predicted molar refractivity (Wildman–Crippen MR) is 104 cm³/mol. The molecule has 1 aliphatic rings. The average Bonchev–Trinajstić information content (AvgIpc) is 2.68. The van der Waals surface area contributed by atoms with E-state index in [4.69, 9.17) is 9.47 Å². The van der Waals surface area contributed by atoms with Gasteiger partial charge in [-0.25, -0.2) is 0 Å². The van der Waals surface area contributed by atoms with Crippen molar-refractivity contribution < 1.29 is 19.1 Å². The van der Waals surface area contributed by atoms with E-state index in [0.29, 0.717) is 36.8 Å². The molecule has 0 saturated heterocycles. The molecule has 2 N–H and O–H groups in total. The van der Waals surface area contributed by atoms with E-state index in [1.807, 2.05) is 37.3 Å². The van der Waals surface area contributed by atoms with Crippen molar-refractivity contribution in [3.05, 3.63) is 65.4 Å². The average molecular weight is 366 g/mol. The Bertz CT molecular complexity index is 847. The zero-order valence-corrected chi connectivity index (χ0v) is 15.2. The lowest BCUT2D eigenvalue weighted by molar-refractivity contribution is -0.115. The van der Waals surface area contributed by atoms with Crippen LogP contribution in [-0.4, -0.2) is 31.6 Å². The highest BCUT2D eigenvalue weighted by Crippen LogP contribution is 2.32. The number of amides is 2. The smallest absolute Gasteiger partial charge is 0.291 e. The molecule has 0 aromatic heterocycles. The number of carbonyl (C=O) groups excluding carboxylic acids is 2. The first-order valence-electron chi connectivity index (χ1n) is 8.93. The van der Waals surface area contributed by atoms with Crippen LogP contribution in [0.15, 0.2) is 54.3 Å². The summed E-state index contributed by atoms with van der Waals surface area (Å²) < 4.78 is 10.9. The van der Waals surface area contributed by atoms with Crippen LogP contribution in [0, 0.1) is 0 Å². The minimum atomic E-state index is -0.347. The highest BCUT2D eigenvalue weighted by atomic mass is 16.5. The summed E-state index contributed by atoms with van der Waals surface area (Å²) in [6, 6.07) is 14.4. The van der Waals surface area contributed by atoms with Crippen LogP contribution >= 0.6 is 0 Å². The topological polar surface area (TPSA) is 76.7 Å². The van der Waals surface area contributed by atoms with E-state index in [9.17, 15) is 9.59 Å². The number of hydrogen-bond acceptors (Lipinski definition) is 4. The van der Waals surface area contributed by atoms with Gasteiger partial charge >= 0.3 is 0 Å². The van der Waals surface area contributed by atoms with Crippen molar-refractivity contribution in [1.29, 1.82) is 0 Å². The van der Waals surface area contributed by atoms with Crippen molar-refractivity contribution in [2.45, 2.75) is 13.3 Å². The number of fused-ring (bicyclic) bond motifs is 1. The van der Waals surface area contributed by atoms with Gasteiger partial charge in [0.15, 0.2) is 11.5 Å². The zero-order chi connectivity index (χ0) is 19.1. The molecule has 0 spiro atoms. The Morgan fingerprint density at radius 2 is 2.04 bits per heavy atom. The fraction of sp³-hybridized carbons (Fsp3) is 0.238. The highest BCUT2D eigenvalue weighted by molar-refractivity contribution is 6.09.